The monoisotopic (exact) mass is 113 g/mol. The summed E-state index contributed by atoms with van der Waals surface area (Å²) in [5.74, 6) is 0. The summed E-state index contributed by atoms with van der Waals surface area (Å²) in [5, 5.41) is 3.44. The second kappa shape index (κ2) is 3.08. The SMILES string of the molecule is CC1CCCCCN1. The van der Waals surface area contributed by atoms with Crippen molar-refractivity contribution >= 4 is 0 Å². The maximum absolute atomic E-state index is 3.44. The van der Waals surface area contributed by atoms with Crippen molar-refractivity contribution in [3.8, 4) is 0 Å². The first-order chi connectivity index (χ1) is 3.89. The third-order valence-electron chi connectivity index (χ3n) is 1.81. The molecule has 0 bridgehead atoms. The zero-order valence-corrected chi connectivity index (χ0v) is 5.61. The maximum atomic E-state index is 3.44. The predicted molar refractivity (Wildman–Crippen MR) is 35.9 cm³/mol. The Labute approximate surface area is 51.5 Å². The van der Waals surface area contributed by atoms with Crippen LogP contribution in [0.3, 0.4) is 0 Å². The Kier molecular flexibility index (Phi) is 2.34. The van der Waals surface area contributed by atoms with E-state index in [0.29, 0.717) is 0 Å². The normalized spacial score (nSPS) is 31.9. The summed E-state index contributed by atoms with van der Waals surface area (Å²) in [7, 11) is 0. The molecule has 0 aromatic rings. The van der Waals surface area contributed by atoms with Gasteiger partial charge in [0.25, 0.3) is 0 Å². The lowest BCUT2D eigenvalue weighted by Crippen LogP contribution is -2.24. The highest BCUT2D eigenvalue weighted by atomic mass is 14.9. The van der Waals surface area contributed by atoms with Gasteiger partial charge in [0.15, 0.2) is 0 Å². The lowest BCUT2D eigenvalue weighted by atomic mass is 10.1. The van der Waals surface area contributed by atoms with Crippen molar-refractivity contribution in [2.24, 2.45) is 0 Å². The topological polar surface area (TPSA) is 12.0 Å². The molecular formula is C7H15N. The van der Waals surface area contributed by atoms with Gasteiger partial charge in [0.1, 0.15) is 0 Å². The van der Waals surface area contributed by atoms with E-state index in [1.165, 1.54) is 32.2 Å². The number of hydrogen-bond donors (Lipinski definition) is 1. The van der Waals surface area contributed by atoms with Gasteiger partial charge in [0, 0.05) is 6.04 Å². The minimum atomic E-state index is 0.775. The molecule has 1 atom stereocenters. The van der Waals surface area contributed by atoms with E-state index < -0.39 is 0 Å². The van der Waals surface area contributed by atoms with Crippen molar-refractivity contribution in [1.29, 1.82) is 0 Å². The van der Waals surface area contributed by atoms with Gasteiger partial charge < -0.3 is 5.32 Å². The van der Waals surface area contributed by atoms with Crippen LogP contribution in [0, 0.1) is 0 Å². The van der Waals surface area contributed by atoms with Gasteiger partial charge in [-0.1, -0.05) is 12.8 Å². The molecular weight excluding hydrogens is 98.1 g/mol. The highest BCUT2D eigenvalue weighted by Crippen LogP contribution is 2.06. The van der Waals surface area contributed by atoms with Crippen molar-refractivity contribution in [2.45, 2.75) is 38.6 Å². The van der Waals surface area contributed by atoms with Crippen molar-refractivity contribution in [1.82, 2.24) is 5.32 Å². The van der Waals surface area contributed by atoms with Gasteiger partial charge in [0.05, 0.1) is 0 Å². The molecule has 1 unspecified atom stereocenters. The first kappa shape index (κ1) is 6.09. The highest BCUT2D eigenvalue weighted by Gasteiger charge is 2.03. The van der Waals surface area contributed by atoms with E-state index >= 15 is 0 Å². The molecule has 8 heavy (non-hydrogen) atoms. The molecule has 1 heteroatoms. The summed E-state index contributed by atoms with van der Waals surface area (Å²) in [6.07, 6.45) is 5.61. The van der Waals surface area contributed by atoms with E-state index in [0.717, 1.165) is 6.04 Å². The van der Waals surface area contributed by atoms with Crippen LogP contribution >= 0.6 is 0 Å². The number of hydrogen-bond acceptors (Lipinski definition) is 1. The fraction of sp³-hybridized carbons (Fsp3) is 1.00. The van der Waals surface area contributed by atoms with Gasteiger partial charge >= 0.3 is 0 Å². The van der Waals surface area contributed by atoms with E-state index in [4.69, 9.17) is 0 Å². The molecule has 0 radical (unpaired) electrons. The van der Waals surface area contributed by atoms with Gasteiger partial charge in [-0.25, -0.2) is 0 Å². The summed E-state index contributed by atoms with van der Waals surface area (Å²) < 4.78 is 0. The minimum Gasteiger partial charge on any atom is -0.314 e. The fourth-order valence-corrected chi connectivity index (χ4v) is 1.20. The van der Waals surface area contributed by atoms with Crippen LogP contribution in [0.25, 0.3) is 0 Å². The van der Waals surface area contributed by atoms with Gasteiger partial charge in [-0.3, -0.25) is 0 Å². The largest absolute Gasteiger partial charge is 0.314 e. The number of rotatable bonds is 0. The summed E-state index contributed by atoms with van der Waals surface area (Å²) in [5.41, 5.74) is 0. The zero-order chi connectivity index (χ0) is 5.82. The minimum absolute atomic E-state index is 0.775. The van der Waals surface area contributed by atoms with Crippen molar-refractivity contribution in [3.63, 3.8) is 0 Å². The lowest BCUT2D eigenvalue weighted by molar-refractivity contribution is 0.550. The van der Waals surface area contributed by atoms with Crippen LogP contribution in [0.1, 0.15) is 32.6 Å². The third kappa shape index (κ3) is 1.83. The Balaban J connectivity index is 2.17. The summed E-state index contributed by atoms with van der Waals surface area (Å²) in [6.45, 7) is 3.51. The Morgan fingerprint density at radius 1 is 1.25 bits per heavy atom. The van der Waals surface area contributed by atoms with E-state index in [2.05, 4.69) is 12.2 Å². The fourth-order valence-electron chi connectivity index (χ4n) is 1.20. The molecule has 1 N–H and O–H groups in total. The van der Waals surface area contributed by atoms with Crippen LogP contribution < -0.4 is 5.32 Å². The Hall–Kier alpha value is -0.0400. The molecule has 1 aliphatic heterocycles. The average molecular weight is 113 g/mol. The van der Waals surface area contributed by atoms with E-state index in [9.17, 15) is 0 Å². The van der Waals surface area contributed by atoms with E-state index in [-0.39, 0.29) is 0 Å². The molecule has 0 spiro atoms. The molecule has 0 saturated carbocycles. The Morgan fingerprint density at radius 3 is 3.00 bits per heavy atom. The van der Waals surface area contributed by atoms with Crippen LogP contribution in [0.5, 0.6) is 0 Å². The molecule has 0 aromatic carbocycles. The molecule has 1 saturated heterocycles. The van der Waals surface area contributed by atoms with Gasteiger partial charge in [0.2, 0.25) is 0 Å². The molecule has 0 aliphatic carbocycles. The Bertz CT molecular complexity index is 53.4. The van der Waals surface area contributed by atoms with Crippen LogP contribution in [0.4, 0.5) is 0 Å². The van der Waals surface area contributed by atoms with E-state index in [1.54, 1.807) is 0 Å². The predicted octanol–water partition coefficient (Wildman–Crippen LogP) is 1.54. The molecule has 1 aliphatic rings. The average Bonchev–Trinajstić information content (AvgIpc) is 1.94. The summed E-state index contributed by atoms with van der Waals surface area (Å²) in [4.78, 5) is 0. The summed E-state index contributed by atoms with van der Waals surface area (Å²) in [6, 6.07) is 0.775. The Morgan fingerprint density at radius 2 is 2.12 bits per heavy atom. The first-order valence-corrected chi connectivity index (χ1v) is 3.63. The molecule has 1 fully saturated rings. The standard InChI is InChI=1S/C7H15N/c1-7-5-3-2-4-6-8-7/h7-8H,2-6H2,1H3. The second-order valence-corrected chi connectivity index (χ2v) is 2.70. The quantitative estimate of drug-likeness (QED) is 0.502. The molecule has 0 aromatic heterocycles. The third-order valence-corrected chi connectivity index (χ3v) is 1.81. The maximum Gasteiger partial charge on any atom is 0.00387 e. The van der Waals surface area contributed by atoms with Crippen LogP contribution in [-0.2, 0) is 0 Å². The van der Waals surface area contributed by atoms with Gasteiger partial charge in [-0.15, -0.1) is 0 Å². The van der Waals surface area contributed by atoms with Crippen molar-refractivity contribution < 1.29 is 0 Å². The lowest BCUT2D eigenvalue weighted by Gasteiger charge is -2.06. The molecule has 1 rings (SSSR count). The molecule has 1 nitrogen and oxygen atoms in total. The molecule has 1 heterocycles. The van der Waals surface area contributed by atoms with Gasteiger partial charge in [-0.2, -0.15) is 0 Å². The summed E-state index contributed by atoms with van der Waals surface area (Å²) >= 11 is 0. The van der Waals surface area contributed by atoms with Crippen LogP contribution in [0.2, 0.25) is 0 Å². The van der Waals surface area contributed by atoms with Crippen LogP contribution in [0.15, 0.2) is 0 Å². The van der Waals surface area contributed by atoms with Gasteiger partial charge in [-0.05, 0) is 26.3 Å². The molecule has 48 valence electrons. The second-order valence-electron chi connectivity index (χ2n) is 2.70. The van der Waals surface area contributed by atoms with E-state index in [1.807, 2.05) is 0 Å². The van der Waals surface area contributed by atoms with Crippen LogP contribution in [-0.4, -0.2) is 12.6 Å². The smallest absolute Gasteiger partial charge is 0.00387 e. The zero-order valence-electron chi connectivity index (χ0n) is 5.61. The number of nitrogens with one attached hydrogen (secondary N) is 1. The van der Waals surface area contributed by atoms with Crippen molar-refractivity contribution in [2.75, 3.05) is 6.54 Å². The highest BCUT2D eigenvalue weighted by molar-refractivity contribution is 4.64. The molecule has 0 amide bonds. The first-order valence-electron chi connectivity index (χ1n) is 3.63. The van der Waals surface area contributed by atoms with Crippen molar-refractivity contribution in [3.05, 3.63) is 0 Å².